The Hall–Kier alpha value is -0.900. The van der Waals surface area contributed by atoms with Gasteiger partial charge >= 0.3 is 0 Å². The zero-order chi connectivity index (χ0) is 11.4. The van der Waals surface area contributed by atoms with E-state index in [4.69, 9.17) is 4.74 Å². The monoisotopic (exact) mass is 221 g/mol. The average molecular weight is 221 g/mol. The van der Waals surface area contributed by atoms with E-state index in [2.05, 4.69) is 5.32 Å². The van der Waals surface area contributed by atoms with E-state index < -0.39 is 6.10 Å². The summed E-state index contributed by atoms with van der Waals surface area (Å²) in [5, 5.41) is 13.4. The van der Waals surface area contributed by atoms with E-state index in [9.17, 15) is 5.11 Å². The number of aliphatic hydroxyl groups is 1. The number of morpholine rings is 1. The molecule has 1 aromatic carbocycles. The highest BCUT2D eigenvalue weighted by atomic mass is 16.5. The molecular formula is C13H19NO2. The van der Waals surface area contributed by atoms with Crippen LogP contribution < -0.4 is 5.32 Å². The smallest absolute Gasteiger partial charge is 0.0815 e. The first-order chi connectivity index (χ1) is 7.75. The molecule has 88 valence electrons. The fourth-order valence-electron chi connectivity index (χ4n) is 2.03. The summed E-state index contributed by atoms with van der Waals surface area (Å²) in [6.45, 7) is 4.53. The summed E-state index contributed by atoms with van der Waals surface area (Å²) in [6.07, 6.45) is 0.366. The molecule has 2 N–H and O–H groups in total. The van der Waals surface area contributed by atoms with Crippen LogP contribution in [0.3, 0.4) is 0 Å². The molecule has 1 saturated heterocycles. The lowest BCUT2D eigenvalue weighted by atomic mass is 10.0. The fourth-order valence-corrected chi connectivity index (χ4v) is 2.03. The van der Waals surface area contributed by atoms with Gasteiger partial charge in [-0.2, -0.15) is 0 Å². The zero-order valence-electron chi connectivity index (χ0n) is 9.65. The van der Waals surface area contributed by atoms with Crippen molar-refractivity contribution in [3.8, 4) is 0 Å². The summed E-state index contributed by atoms with van der Waals surface area (Å²) < 4.78 is 5.58. The molecule has 0 saturated carbocycles. The molecule has 3 heteroatoms. The fraction of sp³-hybridized carbons (Fsp3) is 0.538. The quantitative estimate of drug-likeness (QED) is 0.811. The van der Waals surface area contributed by atoms with E-state index in [0.29, 0.717) is 6.42 Å². The normalized spacial score (nSPS) is 23.0. The van der Waals surface area contributed by atoms with E-state index in [-0.39, 0.29) is 6.10 Å². The minimum absolute atomic E-state index is 0.129. The molecular weight excluding hydrogens is 202 g/mol. The number of hydrogen-bond donors (Lipinski definition) is 2. The standard InChI is InChI=1S/C13H19NO2/c1-10-3-2-4-11(7-10)13(15)8-12-9-14-5-6-16-12/h2-4,7,12-15H,5-6,8-9H2,1H3. The molecule has 0 aliphatic carbocycles. The van der Waals surface area contributed by atoms with Crippen molar-refractivity contribution in [2.75, 3.05) is 19.7 Å². The minimum atomic E-state index is -0.426. The first-order valence-electron chi connectivity index (χ1n) is 5.82. The van der Waals surface area contributed by atoms with Gasteiger partial charge in [0.25, 0.3) is 0 Å². The largest absolute Gasteiger partial charge is 0.388 e. The summed E-state index contributed by atoms with van der Waals surface area (Å²) in [7, 11) is 0. The van der Waals surface area contributed by atoms with Crippen LogP contribution in [-0.4, -0.2) is 30.9 Å². The molecule has 0 amide bonds. The highest BCUT2D eigenvalue weighted by Crippen LogP contribution is 2.20. The van der Waals surface area contributed by atoms with Crippen LogP contribution in [0.1, 0.15) is 23.7 Å². The van der Waals surface area contributed by atoms with Crippen molar-refractivity contribution in [2.45, 2.75) is 25.6 Å². The predicted octanol–water partition coefficient (Wildman–Crippen LogP) is 1.41. The molecule has 0 bridgehead atoms. The third kappa shape index (κ3) is 3.04. The van der Waals surface area contributed by atoms with Gasteiger partial charge in [-0.05, 0) is 12.5 Å². The lowest BCUT2D eigenvalue weighted by molar-refractivity contribution is -0.00508. The number of aliphatic hydroxyl groups excluding tert-OH is 1. The summed E-state index contributed by atoms with van der Waals surface area (Å²) in [4.78, 5) is 0. The van der Waals surface area contributed by atoms with Crippen LogP contribution in [0, 0.1) is 6.92 Å². The van der Waals surface area contributed by atoms with Gasteiger partial charge in [-0.15, -0.1) is 0 Å². The van der Waals surface area contributed by atoms with Gasteiger partial charge in [0.05, 0.1) is 18.8 Å². The lowest BCUT2D eigenvalue weighted by Crippen LogP contribution is -2.39. The van der Waals surface area contributed by atoms with Crippen molar-refractivity contribution in [3.05, 3.63) is 35.4 Å². The number of hydrogen-bond acceptors (Lipinski definition) is 3. The van der Waals surface area contributed by atoms with Gasteiger partial charge in [0, 0.05) is 19.5 Å². The van der Waals surface area contributed by atoms with Gasteiger partial charge < -0.3 is 15.2 Å². The van der Waals surface area contributed by atoms with Crippen LogP contribution in [-0.2, 0) is 4.74 Å². The first-order valence-corrected chi connectivity index (χ1v) is 5.82. The Labute approximate surface area is 96.4 Å². The minimum Gasteiger partial charge on any atom is -0.388 e. The summed E-state index contributed by atoms with van der Waals surface area (Å²) >= 11 is 0. The molecule has 16 heavy (non-hydrogen) atoms. The average Bonchev–Trinajstić information content (AvgIpc) is 2.30. The zero-order valence-corrected chi connectivity index (χ0v) is 9.65. The van der Waals surface area contributed by atoms with E-state index in [1.54, 1.807) is 0 Å². The molecule has 1 aromatic rings. The van der Waals surface area contributed by atoms with Crippen molar-refractivity contribution < 1.29 is 9.84 Å². The van der Waals surface area contributed by atoms with Gasteiger partial charge in [0.2, 0.25) is 0 Å². The molecule has 1 fully saturated rings. The molecule has 1 aliphatic heterocycles. The number of aryl methyl sites for hydroxylation is 1. The van der Waals surface area contributed by atoms with Crippen LogP contribution in [0.15, 0.2) is 24.3 Å². The van der Waals surface area contributed by atoms with Crippen LogP contribution in [0.2, 0.25) is 0 Å². The third-order valence-corrected chi connectivity index (χ3v) is 2.92. The predicted molar refractivity (Wildman–Crippen MR) is 63.4 cm³/mol. The second kappa shape index (κ2) is 5.43. The van der Waals surface area contributed by atoms with Crippen LogP contribution >= 0.6 is 0 Å². The van der Waals surface area contributed by atoms with Crippen molar-refractivity contribution in [1.29, 1.82) is 0 Å². The number of rotatable bonds is 3. The molecule has 1 aliphatic rings. The Balaban J connectivity index is 1.94. The van der Waals surface area contributed by atoms with Gasteiger partial charge in [-0.1, -0.05) is 29.8 Å². The second-order valence-electron chi connectivity index (χ2n) is 4.36. The van der Waals surface area contributed by atoms with Crippen molar-refractivity contribution >= 4 is 0 Å². The molecule has 0 spiro atoms. The Kier molecular flexibility index (Phi) is 3.93. The molecule has 0 radical (unpaired) electrons. The van der Waals surface area contributed by atoms with E-state index in [1.165, 1.54) is 5.56 Å². The van der Waals surface area contributed by atoms with Crippen molar-refractivity contribution in [2.24, 2.45) is 0 Å². The van der Waals surface area contributed by atoms with Gasteiger partial charge in [0.1, 0.15) is 0 Å². The van der Waals surface area contributed by atoms with Crippen molar-refractivity contribution in [3.63, 3.8) is 0 Å². The van der Waals surface area contributed by atoms with E-state index in [0.717, 1.165) is 25.3 Å². The van der Waals surface area contributed by atoms with Crippen LogP contribution in [0.25, 0.3) is 0 Å². The maximum Gasteiger partial charge on any atom is 0.0815 e. The van der Waals surface area contributed by atoms with E-state index in [1.807, 2.05) is 31.2 Å². The highest BCUT2D eigenvalue weighted by Gasteiger charge is 2.18. The summed E-state index contributed by atoms with van der Waals surface area (Å²) in [5.41, 5.74) is 2.16. The Morgan fingerprint density at radius 2 is 2.44 bits per heavy atom. The lowest BCUT2D eigenvalue weighted by Gasteiger charge is -2.25. The Bertz CT molecular complexity index is 334. The molecule has 2 unspecified atom stereocenters. The number of nitrogens with one attached hydrogen (secondary N) is 1. The second-order valence-corrected chi connectivity index (χ2v) is 4.36. The highest BCUT2D eigenvalue weighted by molar-refractivity contribution is 5.24. The Morgan fingerprint density at radius 1 is 1.56 bits per heavy atom. The molecule has 2 rings (SSSR count). The van der Waals surface area contributed by atoms with E-state index >= 15 is 0 Å². The summed E-state index contributed by atoms with van der Waals surface area (Å²) in [6, 6.07) is 8.01. The maximum absolute atomic E-state index is 10.1. The SMILES string of the molecule is Cc1cccc(C(O)CC2CNCCO2)c1. The first kappa shape index (κ1) is 11.6. The summed E-state index contributed by atoms with van der Waals surface area (Å²) in [5.74, 6) is 0. The third-order valence-electron chi connectivity index (χ3n) is 2.92. The van der Waals surface area contributed by atoms with Crippen molar-refractivity contribution in [1.82, 2.24) is 5.32 Å². The molecule has 2 atom stereocenters. The molecule has 1 heterocycles. The molecule has 3 nitrogen and oxygen atoms in total. The number of benzene rings is 1. The van der Waals surface area contributed by atoms with Gasteiger partial charge in [-0.25, -0.2) is 0 Å². The molecule has 0 aromatic heterocycles. The van der Waals surface area contributed by atoms with Crippen LogP contribution in [0.5, 0.6) is 0 Å². The topological polar surface area (TPSA) is 41.5 Å². The van der Waals surface area contributed by atoms with Crippen LogP contribution in [0.4, 0.5) is 0 Å². The number of ether oxygens (including phenoxy) is 1. The van der Waals surface area contributed by atoms with Gasteiger partial charge in [0.15, 0.2) is 0 Å². The Morgan fingerprint density at radius 3 is 3.12 bits per heavy atom. The van der Waals surface area contributed by atoms with Gasteiger partial charge in [-0.3, -0.25) is 0 Å². The maximum atomic E-state index is 10.1.